The van der Waals surface area contributed by atoms with Gasteiger partial charge in [-0.15, -0.1) is 12.4 Å². The molecule has 0 saturated heterocycles. The van der Waals surface area contributed by atoms with Gasteiger partial charge in [-0.2, -0.15) is 5.10 Å². The van der Waals surface area contributed by atoms with Crippen molar-refractivity contribution in [2.24, 2.45) is 0 Å². The van der Waals surface area contributed by atoms with Crippen molar-refractivity contribution >= 4 is 39.5 Å². The fourth-order valence-corrected chi connectivity index (χ4v) is 4.56. The molecule has 2 N–H and O–H groups in total. The van der Waals surface area contributed by atoms with Crippen LogP contribution in [-0.4, -0.2) is 40.2 Å². The van der Waals surface area contributed by atoms with Crippen LogP contribution in [-0.2, 0) is 9.84 Å². The third kappa shape index (κ3) is 4.66. The van der Waals surface area contributed by atoms with E-state index in [2.05, 4.69) is 20.5 Å². The predicted molar refractivity (Wildman–Crippen MR) is 133 cm³/mol. The topological polar surface area (TPSA) is 109 Å². The number of rotatable bonds is 5. The summed E-state index contributed by atoms with van der Waals surface area (Å²) in [6.45, 7) is 0. The number of carbonyl (C=O) groups is 1. The molecule has 11 heteroatoms. The Morgan fingerprint density at radius 1 is 1.03 bits per heavy atom. The summed E-state index contributed by atoms with van der Waals surface area (Å²) < 4.78 is 40.8. The standard InChI is InChI=1S/C24H18FN5O3S.ClH/c1-34(32,33)22-5-3-2-4-20(22)29-24(31)18-8-6-15(10-19(18)25)21-13-26-23-9-7-16(14-30(21)23)17-11-27-28-12-17;/h2-14H,1H3,(H,27,28)(H,29,31);1H. The van der Waals surface area contributed by atoms with Crippen molar-refractivity contribution < 1.29 is 17.6 Å². The molecular weight excluding hydrogens is 493 g/mol. The number of H-pyrrole nitrogens is 1. The Morgan fingerprint density at radius 3 is 2.51 bits per heavy atom. The second-order valence-corrected chi connectivity index (χ2v) is 9.68. The fourth-order valence-electron chi connectivity index (χ4n) is 3.72. The van der Waals surface area contributed by atoms with Crippen molar-refractivity contribution in [2.75, 3.05) is 11.6 Å². The lowest BCUT2D eigenvalue weighted by molar-refractivity contribution is 0.102. The highest BCUT2D eigenvalue weighted by molar-refractivity contribution is 7.90. The number of aromatic nitrogens is 4. The summed E-state index contributed by atoms with van der Waals surface area (Å²) in [5.41, 5.74) is 3.54. The number of nitrogens with zero attached hydrogens (tertiary/aromatic N) is 3. The number of nitrogens with one attached hydrogen (secondary N) is 2. The third-order valence-electron chi connectivity index (χ3n) is 5.38. The Bertz CT molecular complexity index is 1650. The number of pyridine rings is 1. The molecule has 1 amide bonds. The molecule has 0 saturated carbocycles. The number of anilines is 1. The van der Waals surface area contributed by atoms with Crippen molar-refractivity contribution in [3.05, 3.63) is 90.8 Å². The van der Waals surface area contributed by atoms with Crippen molar-refractivity contribution in [3.63, 3.8) is 0 Å². The summed E-state index contributed by atoms with van der Waals surface area (Å²) in [5, 5.41) is 9.23. The van der Waals surface area contributed by atoms with Gasteiger partial charge in [0, 0.05) is 35.3 Å². The van der Waals surface area contributed by atoms with Gasteiger partial charge in [-0.25, -0.2) is 17.8 Å². The highest BCUT2D eigenvalue weighted by Gasteiger charge is 2.18. The zero-order chi connectivity index (χ0) is 23.9. The lowest BCUT2D eigenvalue weighted by Gasteiger charge is -2.11. The second kappa shape index (κ2) is 9.32. The van der Waals surface area contributed by atoms with Gasteiger partial charge in [-0.05, 0) is 36.4 Å². The second-order valence-electron chi connectivity index (χ2n) is 7.69. The molecule has 0 bridgehead atoms. The lowest BCUT2D eigenvalue weighted by Crippen LogP contribution is -2.16. The molecule has 178 valence electrons. The lowest BCUT2D eigenvalue weighted by atomic mass is 10.1. The van der Waals surface area contributed by atoms with E-state index in [4.69, 9.17) is 0 Å². The van der Waals surface area contributed by atoms with Gasteiger partial charge in [0.1, 0.15) is 11.5 Å². The van der Waals surface area contributed by atoms with Crippen LogP contribution in [0.3, 0.4) is 0 Å². The van der Waals surface area contributed by atoms with Gasteiger partial charge in [0.2, 0.25) is 0 Å². The Labute approximate surface area is 206 Å². The van der Waals surface area contributed by atoms with Crippen LogP contribution in [0.2, 0.25) is 0 Å². The monoisotopic (exact) mass is 511 g/mol. The van der Waals surface area contributed by atoms with Gasteiger partial charge >= 0.3 is 0 Å². The average Bonchev–Trinajstić information content (AvgIpc) is 3.48. The van der Waals surface area contributed by atoms with Crippen LogP contribution in [0, 0.1) is 5.82 Å². The smallest absolute Gasteiger partial charge is 0.258 e. The van der Waals surface area contributed by atoms with Crippen molar-refractivity contribution in [2.45, 2.75) is 4.90 Å². The molecule has 0 radical (unpaired) electrons. The molecule has 35 heavy (non-hydrogen) atoms. The van der Waals surface area contributed by atoms with E-state index >= 15 is 4.39 Å². The fraction of sp³-hybridized carbons (Fsp3) is 0.0417. The summed E-state index contributed by atoms with van der Waals surface area (Å²) in [5.74, 6) is -1.49. The number of benzene rings is 2. The molecule has 0 unspecified atom stereocenters. The van der Waals surface area contributed by atoms with Crippen LogP contribution < -0.4 is 5.32 Å². The molecule has 5 aromatic rings. The maximum absolute atomic E-state index is 15.0. The average molecular weight is 512 g/mol. The zero-order valence-electron chi connectivity index (χ0n) is 18.3. The third-order valence-corrected chi connectivity index (χ3v) is 6.54. The Kier molecular flexibility index (Phi) is 6.42. The Hall–Kier alpha value is -4.02. The Balaban J connectivity index is 0.00000289. The molecule has 0 fully saturated rings. The van der Waals surface area contributed by atoms with Crippen LogP contribution in [0.25, 0.3) is 28.0 Å². The van der Waals surface area contributed by atoms with Crippen LogP contribution in [0.15, 0.2) is 84.3 Å². The zero-order valence-corrected chi connectivity index (χ0v) is 19.9. The van der Waals surface area contributed by atoms with Gasteiger partial charge in [0.05, 0.1) is 34.2 Å². The predicted octanol–water partition coefficient (Wildman–Crippen LogP) is 4.61. The normalized spacial score (nSPS) is 11.3. The number of aromatic amines is 1. The summed E-state index contributed by atoms with van der Waals surface area (Å²) in [4.78, 5) is 17.1. The Morgan fingerprint density at radius 2 is 1.80 bits per heavy atom. The van der Waals surface area contributed by atoms with Gasteiger partial charge in [0.15, 0.2) is 9.84 Å². The number of imidazole rings is 1. The summed E-state index contributed by atoms with van der Waals surface area (Å²) >= 11 is 0. The number of carbonyl (C=O) groups excluding carboxylic acids is 1. The molecule has 0 aliphatic heterocycles. The molecule has 0 aliphatic carbocycles. The summed E-state index contributed by atoms with van der Waals surface area (Å²) in [6, 6.07) is 14.0. The van der Waals surface area contributed by atoms with E-state index in [-0.39, 0.29) is 28.6 Å². The van der Waals surface area contributed by atoms with Crippen molar-refractivity contribution in [1.82, 2.24) is 19.6 Å². The molecule has 3 aromatic heterocycles. The largest absolute Gasteiger partial charge is 0.321 e. The van der Waals surface area contributed by atoms with E-state index < -0.39 is 21.6 Å². The van der Waals surface area contributed by atoms with E-state index in [9.17, 15) is 13.2 Å². The van der Waals surface area contributed by atoms with Crippen LogP contribution in [0.5, 0.6) is 0 Å². The SMILES string of the molecule is CS(=O)(=O)c1ccccc1NC(=O)c1ccc(-c2cnc3ccc(-c4cn[nH]c4)cn23)cc1F.Cl. The first-order chi connectivity index (χ1) is 16.3. The number of amides is 1. The van der Waals surface area contributed by atoms with Crippen molar-refractivity contribution in [3.8, 4) is 22.4 Å². The maximum atomic E-state index is 15.0. The minimum atomic E-state index is -3.57. The number of hydrogen-bond acceptors (Lipinski definition) is 5. The molecule has 0 aliphatic rings. The van der Waals surface area contributed by atoms with Crippen LogP contribution >= 0.6 is 12.4 Å². The summed E-state index contributed by atoms with van der Waals surface area (Å²) in [6.07, 6.45) is 8.02. The molecule has 8 nitrogen and oxygen atoms in total. The van der Waals surface area contributed by atoms with Crippen LogP contribution in [0.4, 0.5) is 10.1 Å². The van der Waals surface area contributed by atoms with E-state index in [1.54, 1.807) is 36.8 Å². The minimum Gasteiger partial charge on any atom is -0.321 e. The van der Waals surface area contributed by atoms with E-state index in [0.29, 0.717) is 16.9 Å². The molecule has 2 aromatic carbocycles. The molecular formula is C24H19ClFN5O3S. The highest BCUT2D eigenvalue weighted by Crippen LogP contribution is 2.27. The molecule has 0 spiro atoms. The number of sulfone groups is 1. The highest BCUT2D eigenvalue weighted by atomic mass is 35.5. The van der Waals surface area contributed by atoms with E-state index in [1.165, 1.54) is 24.3 Å². The maximum Gasteiger partial charge on any atom is 0.258 e. The minimum absolute atomic E-state index is 0. The van der Waals surface area contributed by atoms with Gasteiger partial charge < -0.3 is 5.32 Å². The van der Waals surface area contributed by atoms with Gasteiger partial charge in [0.25, 0.3) is 5.91 Å². The van der Waals surface area contributed by atoms with Gasteiger partial charge in [-0.1, -0.05) is 18.2 Å². The first-order valence-corrected chi connectivity index (χ1v) is 12.1. The number of hydrogen-bond donors (Lipinski definition) is 2. The first-order valence-electron chi connectivity index (χ1n) is 10.2. The van der Waals surface area contributed by atoms with E-state index in [0.717, 1.165) is 17.4 Å². The van der Waals surface area contributed by atoms with E-state index in [1.807, 2.05) is 22.7 Å². The van der Waals surface area contributed by atoms with Crippen LogP contribution in [0.1, 0.15) is 10.4 Å². The molecule has 5 rings (SSSR count). The number of halogens is 2. The van der Waals surface area contributed by atoms with Gasteiger partial charge in [-0.3, -0.25) is 14.3 Å². The number of para-hydroxylation sites is 1. The first kappa shape index (κ1) is 24.1. The molecule has 0 atom stereocenters. The molecule has 3 heterocycles. The summed E-state index contributed by atoms with van der Waals surface area (Å²) in [7, 11) is -3.57. The number of fused-ring (bicyclic) bond motifs is 1. The van der Waals surface area contributed by atoms with Crippen molar-refractivity contribution in [1.29, 1.82) is 0 Å². The quantitative estimate of drug-likeness (QED) is 0.358.